The van der Waals surface area contributed by atoms with Gasteiger partial charge in [-0.25, -0.2) is 4.79 Å². The molecule has 1 amide bonds. The molecule has 2 aromatic carbocycles. The molecule has 0 fully saturated rings. The van der Waals surface area contributed by atoms with E-state index in [-0.39, 0.29) is 18.6 Å². The van der Waals surface area contributed by atoms with Gasteiger partial charge >= 0.3 is 5.97 Å². The molecule has 0 bridgehead atoms. The van der Waals surface area contributed by atoms with E-state index in [0.29, 0.717) is 23.6 Å². The second kappa shape index (κ2) is 8.22. The Balaban J connectivity index is 1.83. The fraction of sp³-hybridized carbons (Fsp3) is 0.333. The lowest BCUT2D eigenvalue weighted by Crippen LogP contribution is -2.47. The molecular weight excluding hydrogens is 346 g/mol. The molecule has 0 unspecified atom stereocenters. The van der Waals surface area contributed by atoms with Crippen molar-refractivity contribution in [3.63, 3.8) is 0 Å². The number of hydrogen-bond acceptors (Lipinski definition) is 5. The van der Waals surface area contributed by atoms with Gasteiger partial charge in [-0.3, -0.25) is 4.79 Å². The number of anilines is 1. The van der Waals surface area contributed by atoms with Crippen molar-refractivity contribution in [3.8, 4) is 5.75 Å². The predicted octanol–water partition coefficient (Wildman–Crippen LogP) is 3.19. The fourth-order valence-electron chi connectivity index (χ4n) is 2.84. The molecule has 1 atom stereocenters. The van der Waals surface area contributed by atoms with Gasteiger partial charge in [-0.2, -0.15) is 0 Å². The van der Waals surface area contributed by atoms with E-state index in [1.807, 2.05) is 32.0 Å². The molecule has 2 aromatic rings. The molecule has 0 aromatic heterocycles. The van der Waals surface area contributed by atoms with Crippen LogP contribution < -0.4 is 9.64 Å². The van der Waals surface area contributed by atoms with Crippen molar-refractivity contribution in [1.82, 2.24) is 0 Å². The maximum Gasteiger partial charge on any atom is 0.348 e. The van der Waals surface area contributed by atoms with E-state index in [0.717, 1.165) is 5.56 Å². The monoisotopic (exact) mass is 369 g/mol. The summed E-state index contributed by atoms with van der Waals surface area (Å²) in [5.41, 5.74) is 2.16. The lowest BCUT2D eigenvalue weighted by atomic mass is 10.1. The highest BCUT2D eigenvalue weighted by Crippen LogP contribution is 2.34. The van der Waals surface area contributed by atoms with Crippen LogP contribution in [-0.4, -0.2) is 37.7 Å². The van der Waals surface area contributed by atoms with Gasteiger partial charge in [0, 0.05) is 5.56 Å². The van der Waals surface area contributed by atoms with E-state index in [4.69, 9.17) is 14.2 Å². The minimum absolute atomic E-state index is 0.0979. The number of methoxy groups -OCH3 is 1. The molecule has 0 saturated carbocycles. The molecule has 6 heteroatoms. The van der Waals surface area contributed by atoms with E-state index in [9.17, 15) is 9.59 Å². The third-order valence-corrected chi connectivity index (χ3v) is 4.27. The molecular formula is C21H23NO5. The van der Waals surface area contributed by atoms with E-state index < -0.39 is 12.1 Å². The molecule has 1 aliphatic heterocycles. The average Bonchev–Trinajstić information content (AvgIpc) is 2.70. The van der Waals surface area contributed by atoms with E-state index in [1.165, 1.54) is 7.11 Å². The summed E-state index contributed by atoms with van der Waals surface area (Å²) in [6.45, 7) is 4.55. The molecule has 6 nitrogen and oxygen atoms in total. The summed E-state index contributed by atoms with van der Waals surface area (Å²) in [6, 6.07) is 14.4. The van der Waals surface area contributed by atoms with Crippen LogP contribution in [0.5, 0.6) is 5.75 Å². The number of carbonyl (C=O) groups is 2. The first-order valence-corrected chi connectivity index (χ1v) is 8.85. The summed E-state index contributed by atoms with van der Waals surface area (Å²) in [5.74, 6) is -0.228. The number of hydrogen-bond donors (Lipinski definition) is 0. The Morgan fingerprint density at radius 3 is 2.52 bits per heavy atom. The Morgan fingerprint density at radius 1 is 1.15 bits per heavy atom. The zero-order valence-corrected chi connectivity index (χ0v) is 15.7. The number of amides is 1. The van der Waals surface area contributed by atoms with Gasteiger partial charge in [-0.1, -0.05) is 24.3 Å². The number of ether oxygens (including phenoxy) is 3. The Hall–Kier alpha value is -2.86. The Morgan fingerprint density at radius 2 is 1.85 bits per heavy atom. The van der Waals surface area contributed by atoms with Crippen molar-refractivity contribution < 1.29 is 23.8 Å². The van der Waals surface area contributed by atoms with Crippen LogP contribution in [0.15, 0.2) is 48.5 Å². The number of nitrogens with zero attached hydrogens (tertiary/aromatic N) is 1. The van der Waals surface area contributed by atoms with Gasteiger partial charge in [-0.05, 0) is 43.7 Å². The number of benzene rings is 2. The van der Waals surface area contributed by atoms with Gasteiger partial charge in [-0.15, -0.1) is 0 Å². The van der Waals surface area contributed by atoms with Gasteiger partial charge in [0.1, 0.15) is 5.75 Å². The second-order valence-corrected chi connectivity index (χ2v) is 6.57. The standard InChI is InChI=1S/C21H23NO5/c1-14(2)26-13-15-8-10-16(11-9-15)20(23)22-12-19(21(24)25-3)27-18-7-5-4-6-17(18)22/h4-11,14,19H,12-13H2,1-3H3/t19-/m0/s1. The SMILES string of the molecule is COC(=O)[C@@H]1CN(C(=O)c2ccc(COC(C)C)cc2)c2ccccc2O1. The summed E-state index contributed by atoms with van der Waals surface area (Å²) in [4.78, 5) is 26.6. The Labute approximate surface area is 158 Å². The van der Waals surface area contributed by atoms with Crippen molar-refractivity contribution in [1.29, 1.82) is 0 Å². The first-order chi connectivity index (χ1) is 13.0. The number of fused-ring (bicyclic) bond motifs is 1. The summed E-state index contributed by atoms with van der Waals surface area (Å²) >= 11 is 0. The van der Waals surface area contributed by atoms with Gasteiger partial charge < -0.3 is 19.1 Å². The molecule has 142 valence electrons. The van der Waals surface area contributed by atoms with Gasteiger partial charge in [0.15, 0.2) is 0 Å². The largest absolute Gasteiger partial charge is 0.475 e. The number of rotatable bonds is 5. The Kier molecular flexibility index (Phi) is 5.76. The third-order valence-electron chi connectivity index (χ3n) is 4.27. The summed E-state index contributed by atoms with van der Waals surface area (Å²) in [7, 11) is 1.30. The first kappa shape index (κ1) is 18.9. The molecule has 27 heavy (non-hydrogen) atoms. The summed E-state index contributed by atoms with van der Waals surface area (Å²) in [6.07, 6.45) is -0.709. The topological polar surface area (TPSA) is 65.1 Å². The van der Waals surface area contributed by atoms with E-state index >= 15 is 0 Å². The quantitative estimate of drug-likeness (QED) is 0.758. The average molecular weight is 369 g/mol. The second-order valence-electron chi connectivity index (χ2n) is 6.57. The van der Waals surface area contributed by atoms with Gasteiger partial charge in [0.05, 0.1) is 32.1 Å². The lowest BCUT2D eigenvalue weighted by molar-refractivity contribution is -0.148. The van der Waals surface area contributed by atoms with Crippen LogP contribution in [0, 0.1) is 0 Å². The maximum absolute atomic E-state index is 13.1. The molecule has 1 aliphatic rings. The number of carbonyl (C=O) groups excluding carboxylic acids is 2. The summed E-state index contributed by atoms with van der Waals surface area (Å²) in [5, 5.41) is 0. The fourth-order valence-corrected chi connectivity index (χ4v) is 2.84. The van der Waals surface area contributed by atoms with Crippen molar-refractivity contribution in [2.24, 2.45) is 0 Å². The van der Waals surface area contributed by atoms with Crippen LogP contribution in [0.2, 0.25) is 0 Å². The number of para-hydroxylation sites is 2. The smallest absolute Gasteiger partial charge is 0.348 e. The van der Waals surface area contributed by atoms with Crippen LogP contribution in [0.3, 0.4) is 0 Å². The van der Waals surface area contributed by atoms with Crippen LogP contribution >= 0.6 is 0 Å². The minimum Gasteiger partial charge on any atom is -0.475 e. The minimum atomic E-state index is -0.854. The highest BCUT2D eigenvalue weighted by molar-refractivity contribution is 6.07. The molecule has 0 saturated heterocycles. The maximum atomic E-state index is 13.1. The molecule has 1 heterocycles. The Bertz CT molecular complexity index is 816. The number of esters is 1. The predicted molar refractivity (Wildman–Crippen MR) is 101 cm³/mol. The summed E-state index contributed by atoms with van der Waals surface area (Å²) < 4.78 is 16.1. The first-order valence-electron chi connectivity index (χ1n) is 8.85. The van der Waals surface area contributed by atoms with Crippen molar-refractivity contribution in [3.05, 3.63) is 59.7 Å². The van der Waals surface area contributed by atoms with Crippen molar-refractivity contribution >= 4 is 17.6 Å². The van der Waals surface area contributed by atoms with Crippen LogP contribution in [0.1, 0.15) is 29.8 Å². The van der Waals surface area contributed by atoms with Crippen LogP contribution in [-0.2, 0) is 20.9 Å². The molecule has 0 aliphatic carbocycles. The lowest BCUT2D eigenvalue weighted by Gasteiger charge is -2.33. The van der Waals surface area contributed by atoms with E-state index in [2.05, 4.69) is 0 Å². The zero-order chi connectivity index (χ0) is 19.4. The van der Waals surface area contributed by atoms with Gasteiger partial charge in [0.25, 0.3) is 5.91 Å². The van der Waals surface area contributed by atoms with E-state index in [1.54, 1.807) is 35.2 Å². The highest BCUT2D eigenvalue weighted by Gasteiger charge is 2.34. The molecule has 0 radical (unpaired) electrons. The van der Waals surface area contributed by atoms with Crippen LogP contribution in [0.25, 0.3) is 0 Å². The normalized spacial score (nSPS) is 15.9. The van der Waals surface area contributed by atoms with Crippen molar-refractivity contribution in [2.75, 3.05) is 18.6 Å². The molecule has 3 rings (SSSR count). The molecule has 0 N–H and O–H groups in total. The van der Waals surface area contributed by atoms with Crippen molar-refractivity contribution in [2.45, 2.75) is 32.7 Å². The zero-order valence-electron chi connectivity index (χ0n) is 15.7. The van der Waals surface area contributed by atoms with Gasteiger partial charge in [0.2, 0.25) is 6.10 Å². The third kappa shape index (κ3) is 4.28. The van der Waals surface area contributed by atoms with Crippen LogP contribution in [0.4, 0.5) is 5.69 Å². The highest BCUT2D eigenvalue weighted by atomic mass is 16.6. The molecule has 0 spiro atoms.